The minimum Gasteiger partial charge on any atom is -0.495 e. The largest absolute Gasteiger partial charge is 0.495 e. The Bertz CT molecular complexity index is 756. The second-order valence-corrected chi connectivity index (χ2v) is 6.89. The summed E-state index contributed by atoms with van der Waals surface area (Å²) in [5, 5.41) is 0.356. The van der Waals surface area contributed by atoms with Gasteiger partial charge in [0.05, 0.1) is 29.0 Å². The van der Waals surface area contributed by atoms with E-state index in [2.05, 4.69) is 15.9 Å². The lowest BCUT2D eigenvalue weighted by atomic mass is 10.0. The fourth-order valence-electron chi connectivity index (χ4n) is 2.13. The minimum atomic E-state index is -0.529. The van der Waals surface area contributed by atoms with Crippen molar-refractivity contribution < 1.29 is 23.5 Å². The number of hydrogen-bond donors (Lipinski definition) is 0. The zero-order chi connectivity index (χ0) is 17.1. The van der Waals surface area contributed by atoms with E-state index >= 15 is 0 Å². The zero-order valence-electron chi connectivity index (χ0n) is 12.9. The van der Waals surface area contributed by atoms with Crippen LogP contribution in [0, 0.1) is 11.7 Å². The van der Waals surface area contributed by atoms with E-state index in [-0.39, 0.29) is 23.3 Å². The number of benzene rings is 1. The number of ether oxygens (including phenoxy) is 2. The maximum atomic E-state index is 14.3. The number of fused-ring (bicyclic) bond motifs is 1. The van der Waals surface area contributed by atoms with Crippen molar-refractivity contribution >= 4 is 49.1 Å². The van der Waals surface area contributed by atoms with Crippen LogP contribution in [0.3, 0.4) is 0 Å². The van der Waals surface area contributed by atoms with Crippen molar-refractivity contribution in [2.24, 2.45) is 5.92 Å². The quantitative estimate of drug-likeness (QED) is 0.523. The first-order chi connectivity index (χ1) is 10.9. The van der Waals surface area contributed by atoms with Gasteiger partial charge in [-0.3, -0.25) is 9.59 Å². The molecule has 7 heteroatoms. The van der Waals surface area contributed by atoms with Gasteiger partial charge in [0.2, 0.25) is 0 Å². The van der Waals surface area contributed by atoms with E-state index in [0.717, 1.165) is 0 Å². The van der Waals surface area contributed by atoms with Crippen LogP contribution in [-0.2, 0) is 9.53 Å². The Balaban J connectivity index is 2.28. The molecule has 0 saturated heterocycles. The van der Waals surface area contributed by atoms with E-state index in [1.807, 2.05) is 0 Å². The van der Waals surface area contributed by atoms with Crippen LogP contribution in [0.2, 0.25) is 0 Å². The highest BCUT2D eigenvalue weighted by atomic mass is 79.9. The van der Waals surface area contributed by atoms with Gasteiger partial charge in [0, 0.05) is 16.5 Å². The van der Waals surface area contributed by atoms with Crippen molar-refractivity contribution in [1.82, 2.24) is 0 Å². The summed E-state index contributed by atoms with van der Waals surface area (Å²) in [5.41, 5.74) is 0. The molecule has 0 amide bonds. The molecule has 0 aliphatic carbocycles. The van der Waals surface area contributed by atoms with Gasteiger partial charge in [0.15, 0.2) is 5.78 Å². The molecule has 0 spiro atoms. The van der Waals surface area contributed by atoms with Gasteiger partial charge in [-0.2, -0.15) is 0 Å². The number of carbonyl (C=O) groups excluding carboxylic acids is 2. The molecule has 0 saturated carbocycles. The number of thiophene rings is 1. The number of hydrogen-bond acceptors (Lipinski definition) is 5. The van der Waals surface area contributed by atoms with Crippen LogP contribution in [0.25, 0.3) is 10.1 Å². The van der Waals surface area contributed by atoms with E-state index < -0.39 is 17.7 Å². The summed E-state index contributed by atoms with van der Waals surface area (Å²) in [4.78, 5) is 24.3. The van der Waals surface area contributed by atoms with Crippen molar-refractivity contribution in [2.75, 3.05) is 13.7 Å². The molecule has 0 radical (unpaired) electrons. The summed E-state index contributed by atoms with van der Waals surface area (Å²) in [5.74, 6) is -1.23. The van der Waals surface area contributed by atoms with E-state index in [1.165, 1.54) is 24.5 Å². The molecule has 0 aliphatic heterocycles. The standard InChI is InChI=1S/C16H16BrFO4S/c1-4-22-16(20)8(2)5-10(19)13-6-9-12(23-13)7-11(21-3)14(17)15(9)18/h6-8H,4-5H2,1-3H3. The summed E-state index contributed by atoms with van der Waals surface area (Å²) in [7, 11) is 1.45. The monoisotopic (exact) mass is 402 g/mol. The number of halogens is 2. The highest BCUT2D eigenvalue weighted by Crippen LogP contribution is 2.38. The van der Waals surface area contributed by atoms with Crippen molar-refractivity contribution in [2.45, 2.75) is 20.3 Å². The van der Waals surface area contributed by atoms with Gasteiger partial charge in [-0.25, -0.2) is 4.39 Å². The van der Waals surface area contributed by atoms with Crippen LogP contribution in [0.1, 0.15) is 29.9 Å². The number of methoxy groups -OCH3 is 1. The average Bonchev–Trinajstić information content (AvgIpc) is 2.95. The summed E-state index contributed by atoms with van der Waals surface area (Å²) >= 11 is 4.33. The van der Waals surface area contributed by atoms with E-state index in [4.69, 9.17) is 9.47 Å². The fourth-order valence-corrected chi connectivity index (χ4v) is 3.65. The molecular weight excluding hydrogens is 387 g/mol. The number of esters is 1. The SMILES string of the molecule is CCOC(=O)C(C)CC(=O)c1cc2c(F)c(Br)c(OC)cc2s1. The molecule has 0 bridgehead atoms. The molecule has 1 aromatic heterocycles. The Morgan fingerprint density at radius 1 is 1.39 bits per heavy atom. The minimum absolute atomic E-state index is 0.0333. The van der Waals surface area contributed by atoms with Gasteiger partial charge in [-0.1, -0.05) is 6.92 Å². The number of carbonyl (C=O) groups is 2. The second kappa shape index (κ2) is 7.40. The van der Waals surface area contributed by atoms with Crippen molar-refractivity contribution in [3.05, 3.63) is 27.3 Å². The van der Waals surface area contributed by atoms with E-state index in [0.29, 0.717) is 20.7 Å². The Morgan fingerprint density at radius 2 is 2.09 bits per heavy atom. The normalized spacial score (nSPS) is 12.2. The summed E-state index contributed by atoms with van der Waals surface area (Å²) in [6.07, 6.45) is 0.0333. The van der Waals surface area contributed by atoms with E-state index in [1.54, 1.807) is 19.9 Å². The molecule has 0 N–H and O–H groups in total. The van der Waals surface area contributed by atoms with Crippen LogP contribution in [-0.4, -0.2) is 25.5 Å². The van der Waals surface area contributed by atoms with Crippen LogP contribution >= 0.6 is 27.3 Å². The summed E-state index contributed by atoms with van der Waals surface area (Å²) in [6, 6.07) is 3.19. The van der Waals surface area contributed by atoms with Gasteiger partial charge in [-0.05, 0) is 35.0 Å². The lowest BCUT2D eigenvalue weighted by Gasteiger charge is -2.08. The molecule has 1 unspecified atom stereocenters. The maximum absolute atomic E-state index is 14.3. The third-order valence-corrected chi connectivity index (χ3v) is 5.21. The van der Waals surface area contributed by atoms with Crippen molar-refractivity contribution in [3.8, 4) is 5.75 Å². The first-order valence-electron chi connectivity index (χ1n) is 7.04. The molecule has 4 nitrogen and oxygen atoms in total. The Morgan fingerprint density at radius 3 is 2.70 bits per heavy atom. The third-order valence-electron chi connectivity index (χ3n) is 3.34. The maximum Gasteiger partial charge on any atom is 0.309 e. The average molecular weight is 403 g/mol. The topological polar surface area (TPSA) is 52.6 Å². The van der Waals surface area contributed by atoms with Gasteiger partial charge < -0.3 is 9.47 Å². The van der Waals surface area contributed by atoms with Gasteiger partial charge in [0.1, 0.15) is 11.6 Å². The van der Waals surface area contributed by atoms with Gasteiger partial charge in [0.25, 0.3) is 0 Å². The lowest BCUT2D eigenvalue weighted by Crippen LogP contribution is -2.17. The highest BCUT2D eigenvalue weighted by molar-refractivity contribution is 9.10. The molecule has 2 rings (SSSR count). The fraction of sp³-hybridized carbons (Fsp3) is 0.375. The molecule has 23 heavy (non-hydrogen) atoms. The Kier molecular flexibility index (Phi) is 5.75. The molecule has 2 aromatic rings. The van der Waals surface area contributed by atoms with Gasteiger partial charge >= 0.3 is 5.97 Å². The lowest BCUT2D eigenvalue weighted by molar-refractivity contribution is -0.147. The van der Waals surface area contributed by atoms with Crippen LogP contribution in [0.4, 0.5) is 4.39 Å². The molecule has 0 aliphatic rings. The van der Waals surface area contributed by atoms with Gasteiger partial charge in [-0.15, -0.1) is 11.3 Å². The number of rotatable bonds is 6. The van der Waals surface area contributed by atoms with Crippen molar-refractivity contribution in [3.63, 3.8) is 0 Å². The zero-order valence-corrected chi connectivity index (χ0v) is 15.3. The molecular formula is C16H16BrFO4S. The van der Waals surface area contributed by atoms with E-state index in [9.17, 15) is 14.0 Å². The van der Waals surface area contributed by atoms with Crippen LogP contribution in [0.5, 0.6) is 5.75 Å². The Labute approximate surface area is 145 Å². The molecule has 0 fully saturated rings. The third kappa shape index (κ3) is 3.72. The van der Waals surface area contributed by atoms with Crippen molar-refractivity contribution in [1.29, 1.82) is 0 Å². The molecule has 124 valence electrons. The second-order valence-electron chi connectivity index (χ2n) is 5.01. The molecule has 1 aromatic carbocycles. The smallest absolute Gasteiger partial charge is 0.309 e. The van der Waals surface area contributed by atoms with Crippen LogP contribution in [0.15, 0.2) is 16.6 Å². The predicted molar refractivity (Wildman–Crippen MR) is 90.8 cm³/mol. The predicted octanol–water partition coefficient (Wildman–Crippen LogP) is 4.58. The number of Topliss-reactive ketones (excluding diaryl/α,β-unsaturated/α-hetero) is 1. The highest BCUT2D eigenvalue weighted by Gasteiger charge is 2.22. The van der Waals surface area contributed by atoms with Crippen LogP contribution < -0.4 is 4.74 Å². The number of ketones is 1. The first-order valence-corrected chi connectivity index (χ1v) is 8.65. The molecule has 1 heterocycles. The summed E-state index contributed by atoms with van der Waals surface area (Å²) < 4.78 is 25.1. The molecule has 1 atom stereocenters. The summed E-state index contributed by atoms with van der Waals surface area (Å²) in [6.45, 7) is 3.63. The first kappa shape index (κ1) is 17.9. The Hall–Kier alpha value is -1.47.